The van der Waals surface area contributed by atoms with E-state index in [1.807, 2.05) is 17.9 Å². The topological polar surface area (TPSA) is 69.7 Å². The second-order valence-electron chi connectivity index (χ2n) is 6.54. The van der Waals surface area contributed by atoms with Crippen LogP contribution in [0.15, 0.2) is 29.2 Å². The van der Waals surface area contributed by atoms with Crippen molar-refractivity contribution in [3.05, 3.63) is 29.8 Å². The van der Waals surface area contributed by atoms with E-state index in [1.165, 1.54) is 4.31 Å². The van der Waals surface area contributed by atoms with Crippen molar-refractivity contribution in [1.29, 1.82) is 0 Å². The van der Waals surface area contributed by atoms with Crippen molar-refractivity contribution >= 4 is 15.9 Å². The van der Waals surface area contributed by atoms with Crippen molar-refractivity contribution in [1.82, 2.24) is 14.5 Å². The van der Waals surface area contributed by atoms with Crippen molar-refractivity contribution < 1.29 is 13.2 Å². The van der Waals surface area contributed by atoms with E-state index >= 15 is 0 Å². The number of amides is 1. The molecule has 0 spiro atoms. The molecule has 1 heterocycles. The van der Waals surface area contributed by atoms with Crippen LogP contribution in [0.3, 0.4) is 0 Å². The minimum absolute atomic E-state index is 0.0431. The van der Waals surface area contributed by atoms with Crippen LogP contribution in [0.5, 0.6) is 0 Å². The standard InChI is InChI=1S/C17H25N3O3S/c1-14-3-2-4-16(13-14)24(22,23)20(15-5-6-15)10-7-17(21)19-11-8-18-9-12-19/h2-4,13,15,18H,5-12H2,1H3. The molecular formula is C17H25N3O3S. The lowest BCUT2D eigenvalue weighted by molar-refractivity contribution is -0.131. The number of hydrogen-bond acceptors (Lipinski definition) is 4. The van der Waals surface area contributed by atoms with Gasteiger partial charge in [0.2, 0.25) is 15.9 Å². The number of aryl methyl sites for hydroxylation is 1. The van der Waals surface area contributed by atoms with E-state index in [9.17, 15) is 13.2 Å². The van der Waals surface area contributed by atoms with E-state index in [0.717, 1.165) is 31.5 Å². The van der Waals surface area contributed by atoms with Crippen LogP contribution in [0.25, 0.3) is 0 Å². The van der Waals surface area contributed by atoms with Gasteiger partial charge in [0.1, 0.15) is 0 Å². The van der Waals surface area contributed by atoms with E-state index < -0.39 is 10.0 Å². The SMILES string of the molecule is Cc1cccc(S(=O)(=O)N(CCC(=O)N2CCNCC2)C2CC2)c1. The summed E-state index contributed by atoms with van der Waals surface area (Å²) < 4.78 is 27.4. The normalized spacial score (nSPS) is 18.8. The van der Waals surface area contributed by atoms with E-state index in [-0.39, 0.29) is 24.9 Å². The Bertz CT molecular complexity index is 695. The van der Waals surface area contributed by atoms with Gasteiger partial charge >= 0.3 is 0 Å². The first kappa shape index (κ1) is 17.4. The van der Waals surface area contributed by atoms with Gasteiger partial charge in [0, 0.05) is 45.2 Å². The van der Waals surface area contributed by atoms with Gasteiger partial charge in [-0.2, -0.15) is 4.31 Å². The highest BCUT2D eigenvalue weighted by Crippen LogP contribution is 2.32. The molecule has 0 radical (unpaired) electrons. The Balaban J connectivity index is 1.69. The summed E-state index contributed by atoms with van der Waals surface area (Å²) >= 11 is 0. The Hall–Kier alpha value is -1.44. The highest BCUT2D eigenvalue weighted by molar-refractivity contribution is 7.89. The summed E-state index contributed by atoms with van der Waals surface area (Å²) in [5.74, 6) is 0.0431. The van der Waals surface area contributed by atoms with Crippen LogP contribution in [0.1, 0.15) is 24.8 Å². The zero-order valence-electron chi connectivity index (χ0n) is 14.1. The predicted molar refractivity (Wildman–Crippen MR) is 92.2 cm³/mol. The summed E-state index contributed by atoms with van der Waals surface area (Å²) in [4.78, 5) is 14.5. The molecule has 1 aliphatic carbocycles. The molecule has 7 heteroatoms. The number of nitrogens with zero attached hydrogens (tertiary/aromatic N) is 2. The molecule has 0 bridgehead atoms. The second kappa shape index (κ2) is 7.21. The number of nitrogens with one attached hydrogen (secondary N) is 1. The third-order valence-corrected chi connectivity index (χ3v) is 6.51. The summed E-state index contributed by atoms with van der Waals surface area (Å²) in [6, 6.07) is 7.03. The molecule has 0 unspecified atom stereocenters. The third-order valence-electron chi connectivity index (χ3n) is 4.57. The summed E-state index contributed by atoms with van der Waals surface area (Å²) in [5.41, 5.74) is 0.920. The monoisotopic (exact) mass is 351 g/mol. The molecule has 2 fully saturated rings. The summed E-state index contributed by atoms with van der Waals surface area (Å²) in [6.07, 6.45) is 2.02. The second-order valence-corrected chi connectivity index (χ2v) is 8.43. The minimum Gasteiger partial charge on any atom is -0.340 e. The fraction of sp³-hybridized carbons (Fsp3) is 0.588. The average molecular weight is 351 g/mol. The Morgan fingerprint density at radius 1 is 1.29 bits per heavy atom. The zero-order chi connectivity index (χ0) is 17.2. The molecule has 0 atom stereocenters. The Labute approximate surface area is 143 Å². The van der Waals surface area contributed by atoms with Crippen LogP contribution in [-0.2, 0) is 14.8 Å². The van der Waals surface area contributed by atoms with Crippen molar-refractivity contribution in [2.45, 2.75) is 37.1 Å². The maximum absolute atomic E-state index is 12.9. The van der Waals surface area contributed by atoms with E-state index in [2.05, 4.69) is 5.32 Å². The first-order valence-electron chi connectivity index (χ1n) is 8.55. The number of rotatable bonds is 6. The van der Waals surface area contributed by atoms with Crippen molar-refractivity contribution in [2.24, 2.45) is 0 Å². The van der Waals surface area contributed by atoms with Crippen molar-refractivity contribution in [2.75, 3.05) is 32.7 Å². The smallest absolute Gasteiger partial charge is 0.243 e. The lowest BCUT2D eigenvalue weighted by Gasteiger charge is -2.29. The molecule has 1 aliphatic heterocycles. The van der Waals surface area contributed by atoms with Gasteiger partial charge in [0.25, 0.3) is 0 Å². The van der Waals surface area contributed by atoms with E-state index in [1.54, 1.807) is 18.2 Å². The molecule has 2 aliphatic rings. The van der Waals surface area contributed by atoms with Gasteiger partial charge in [-0.05, 0) is 37.5 Å². The lowest BCUT2D eigenvalue weighted by Crippen LogP contribution is -2.47. The molecular weight excluding hydrogens is 326 g/mol. The van der Waals surface area contributed by atoms with E-state index in [0.29, 0.717) is 18.0 Å². The van der Waals surface area contributed by atoms with Crippen LogP contribution in [0.2, 0.25) is 0 Å². The van der Waals surface area contributed by atoms with E-state index in [4.69, 9.17) is 0 Å². The minimum atomic E-state index is -3.54. The largest absolute Gasteiger partial charge is 0.340 e. The van der Waals surface area contributed by atoms with Gasteiger partial charge < -0.3 is 10.2 Å². The van der Waals surface area contributed by atoms with Crippen molar-refractivity contribution in [3.63, 3.8) is 0 Å². The number of sulfonamides is 1. The van der Waals surface area contributed by atoms with Gasteiger partial charge in [0.05, 0.1) is 4.90 Å². The highest BCUT2D eigenvalue weighted by atomic mass is 32.2. The molecule has 1 aromatic carbocycles. The first-order chi connectivity index (χ1) is 11.5. The molecule has 1 N–H and O–H groups in total. The lowest BCUT2D eigenvalue weighted by atomic mass is 10.2. The quantitative estimate of drug-likeness (QED) is 0.829. The Morgan fingerprint density at radius 2 is 2.00 bits per heavy atom. The molecule has 1 amide bonds. The Morgan fingerprint density at radius 3 is 2.62 bits per heavy atom. The molecule has 1 saturated heterocycles. The number of piperazine rings is 1. The van der Waals surface area contributed by atoms with Crippen LogP contribution < -0.4 is 5.32 Å². The van der Waals surface area contributed by atoms with Crippen LogP contribution in [0, 0.1) is 6.92 Å². The molecule has 24 heavy (non-hydrogen) atoms. The van der Waals surface area contributed by atoms with Gasteiger partial charge in [-0.15, -0.1) is 0 Å². The van der Waals surface area contributed by atoms with Crippen LogP contribution in [-0.4, -0.2) is 62.3 Å². The van der Waals surface area contributed by atoms with Crippen LogP contribution >= 0.6 is 0 Å². The molecule has 6 nitrogen and oxygen atoms in total. The molecule has 1 aromatic rings. The fourth-order valence-electron chi connectivity index (χ4n) is 3.05. The molecule has 132 valence electrons. The van der Waals surface area contributed by atoms with Gasteiger partial charge in [-0.25, -0.2) is 8.42 Å². The third kappa shape index (κ3) is 3.96. The maximum Gasteiger partial charge on any atom is 0.243 e. The van der Waals surface area contributed by atoms with Gasteiger partial charge in [0.15, 0.2) is 0 Å². The Kier molecular flexibility index (Phi) is 5.22. The predicted octanol–water partition coefficient (Wildman–Crippen LogP) is 0.970. The summed E-state index contributed by atoms with van der Waals surface area (Å²) in [5, 5.41) is 3.21. The average Bonchev–Trinajstić information content (AvgIpc) is 3.40. The first-order valence-corrected chi connectivity index (χ1v) is 9.99. The number of benzene rings is 1. The zero-order valence-corrected chi connectivity index (χ0v) is 14.9. The fourth-order valence-corrected chi connectivity index (χ4v) is 4.84. The van der Waals surface area contributed by atoms with Gasteiger partial charge in [-0.3, -0.25) is 4.79 Å². The maximum atomic E-state index is 12.9. The summed E-state index contributed by atoms with van der Waals surface area (Å²) in [6.45, 7) is 5.16. The van der Waals surface area contributed by atoms with Gasteiger partial charge in [-0.1, -0.05) is 12.1 Å². The number of carbonyl (C=O) groups excluding carboxylic acids is 1. The number of hydrogen-bond donors (Lipinski definition) is 1. The molecule has 1 saturated carbocycles. The summed E-state index contributed by atoms with van der Waals surface area (Å²) in [7, 11) is -3.54. The van der Waals surface area contributed by atoms with Crippen molar-refractivity contribution in [3.8, 4) is 0 Å². The molecule has 3 rings (SSSR count). The highest BCUT2D eigenvalue weighted by Gasteiger charge is 2.38. The van der Waals surface area contributed by atoms with Crippen LogP contribution in [0.4, 0.5) is 0 Å². The number of carbonyl (C=O) groups is 1. The molecule has 0 aromatic heterocycles.